The van der Waals surface area contributed by atoms with Gasteiger partial charge in [-0.3, -0.25) is 4.90 Å². The highest BCUT2D eigenvalue weighted by molar-refractivity contribution is 5.25. The van der Waals surface area contributed by atoms with Gasteiger partial charge in [-0.2, -0.15) is 0 Å². The van der Waals surface area contributed by atoms with Crippen molar-refractivity contribution in [2.45, 2.75) is 31.8 Å². The summed E-state index contributed by atoms with van der Waals surface area (Å²) in [5.74, 6) is 0. The molecule has 1 aliphatic heterocycles. The van der Waals surface area contributed by atoms with Gasteiger partial charge in [-0.05, 0) is 25.3 Å². The Kier molecular flexibility index (Phi) is 2.70. The van der Waals surface area contributed by atoms with Crippen molar-refractivity contribution in [1.82, 2.24) is 10.2 Å². The van der Waals surface area contributed by atoms with Crippen LogP contribution in [0.1, 0.15) is 30.0 Å². The van der Waals surface area contributed by atoms with Crippen molar-refractivity contribution in [3.63, 3.8) is 0 Å². The van der Waals surface area contributed by atoms with Gasteiger partial charge >= 0.3 is 0 Å². The maximum atomic E-state index is 3.63. The fourth-order valence-electron chi connectivity index (χ4n) is 2.65. The van der Waals surface area contributed by atoms with Crippen molar-refractivity contribution in [1.29, 1.82) is 0 Å². The minimum absolute atomic E-state index is 0.536. The maximum absolute atomic E-state index is 3.63. The number of nitrogens with one attached hydrogen (secondary N) is 1. The topological polar surface area (TPSA) is 15.3 Å². The van der Waals surface area contributed by atoms with Crippen molar-refractivity contribution < 1.29 is 0 Å². The lowest BCUT2D eigenvalue weighted by atomic mass is 10.0. The van der Waals surface area contributed by atoms with Crippen molar-refractivity contribution in [3.05, 3.63) is 35.4 Å². The first-order chi connectivity index (χ1) is 7.83. The van der Waals surface area contributed by atoms with E-state index in [1.54, 1.807) is 0 Å². The molecule has 1 aromatic carbocycles. The predicted molar refractivity (Wildman–Crippen MR) is 66.5 cm³/mol. The summed E-state index contributed by atoms with van der Waals surface area (Å²) in [6.45, 7) is 5.72. The summed E-state index contributed by atoms with van der Waals surface area (Å²) in [5, 5.41) is 3.63. The third-order valence-corrected chi connectivity index (χ3v) is 3.71. The van der Waals surface area contributed by atoms with Crippen LogP contribution in [0.15, 0.2) is 24.3 Å². The van der Waals surface area contributed by atoms with Crippen LogP contribution in [-0.4, -0.2) is 30.6 Å². The summed E-state index contributed by atoms with van der Waals surface area (Å²) in [4.78, 5) is 2.66. The van der Waals surface area contributed by atoms with Gasteiger partial charge in [-0.15, -0.1) is 0 Å². The van der Waals surface area contributed by atoms with Gasteiger partial charge < -0.3 is 5.32 Å². The van der Waals surface area contributed by atoms with Crippen LogP contribution in [0.25, 0.3) is 0 Å². The van der Waals surface area contributed by atoms with Crippen molar-refractivity contribution in [3.8, 4) is 0 Å². The highest BCUT2D eigenvalue weighted by atomic mass is 15.2. The molecule has 1 N–H and O–H groups in total. The van der Waals surface area contributed by atoms with E-state index in [4.69, 9.17) is 0 Å². The minimum Gasteiger partial charge on any atom is -0.308 e. The normalized spacial score (nSPS) is 26.9. The number of nitrogens with zero attached hydrogens (tertiary/aromatic N) is 1. The predicted octanol–water partition coefficient (Wildman–Crippen LogP) is 2.10. The Morgan fingerprint density at radius 3 is 2.94 bits per heavy atom. The van der Waals surface area contributed by atoms with Crippen LogP contribution in [0.2, 0.25) is 0 Å². The van der Waals surface area contributed by atoms with Crippen LogP contribution in [0.3, 0.4) is 0 Å². The molecule has 2 aliphatic rings. The third-order valence-electron chi connectivity index (χ3n) is 3.71. The largest absolute Gasteiger partial charge is 0.308 e. The molecular formula is C14H20N2. The molecule has 2 heteroatoms. The standard InChI is InChI=1S/C14H20N2/c1-11-3-2-4-12(9-11)14-10-16(8-7-15-14)13-5-6-13/h2-4,9,13-15H,5-8,10H2,1H3. The number of rotatable bonds is 2. The Hall–Kier alpha value is -0.860. The Bertz CT molecular complexity index is 371. The molecule has 2 fully saturated rings. The van der Waals surface area contributed by atoms with E-state index in [0.717, 1.165) is 12.6 Å². The zero-order valence-corrected chi connectivity index (χ0v) is 9.95. The first-order valence-corrected chi connectivity index (χ1v) is 6.37. The Labute approximate surface area is 97.6 Å². The van der Waals surface area contributed by atoms with Crippen LogP contribution >= 0.6 is 0 Å². The molecule has 1 saturated carbocycles. The van der Waals surface area contributed by atoms with Gasteiger partial charge in [0.25, 0.3) is 0 Å². The van der Waals surface area contributed by atoms with Gasteiger partial charge in [0.15, 0.2) is 0 Å². The molecule has 3 rings (SSSR count). The monoisotopic (exact) mass is 216 g/mol. The van der Waals surface area contributed by atoms with Gasteiger partial charge in [-0.1, -0.05) is 29.8 Å². The van der Waals surface area contributed by atoms with E-state index in [9.17, 15) is 0 Å². The molecule has 1 aliphatic carbocycles. The second-order valence-electron chi connectivity index (χ2n) is 5.15. The molecule has 2 nitrogen and oxygen atoms in total. The number of piperazine rings is 1. The van der Waals surface area contributed by atoms with Crippen molar-refractivity contribution >= 4 is 0 Å². The zero-order valence-electron chi connectivity index (χ0n) is 9.95. The van der Waals surface area contributed by atoms with Gasteiger partial charge in [-0.25, -0.2) is 0 Å². The fraction of sp³-hybridized carbons (Fsp3) is 0.571. The van der Waals surface area contributed by atoms with Crippen LogP contribution in [0, 0.1) is 6.92 Å². The van der Waals surface area contributed by atoms with Crippen molar-refractivity contribution in [2.75, 3.05) is 19.6 Å². The molecule has 86 valence electrons. The molecular weight excluding hydrogens is 196 g/mol. The average Bonchev–Trinajstić information content (AvgIpc) is 3.13. The molecule has 16 heavy (non-hydrogen) atoms. The molecule has 1 aromatic rings. The van der Waals surface area contributed by atoms with Gasteiger partial charge in [0.2, 0.25) is 0 Å². The van der Waals surface area contributed by atoms with E-state index < -0.39 is 0 Å². The Morgan fingerprint density at radius 1 is 1.31 bits per heavy atom. The summed E-state index contributed by atoms with van der Waals surface area (Å²) in [5.41, 5.74) is 2.81. The van der Waals surface area contributed by atoms with Crippen LogP contribution < -0.4 is 5.32 Å². The Balaban J connectivity index is 1.73. The molecule has 0 amide bonds. The minimum atomic E-state index is 0.536. The van der Waals surface area contributed by atoms with E-state index >= 15 is 0 Å². The van der Waals surface area contributed by atoms with Crippen molar-refractivity contribution in [2.24, 2.45) is 0 Å². The lowest BCUT2D eigenvalue weighted by Crippen LogP contribution is -2.46. The van der Waals surface area contributed by atoms with Gasteiger partial charge in [0, 0.05) is 31.7 Å². The molecule has 0 radical (unpaired) electrons. The van der Waals surface area contributed by atoms with Gasteiger partial charge in [0.1, 0.15) is 0 Å². The number of aryl methyl sites for hydroxylation is 1. The second-order valence-corrected chi connectivity index (χ2v) is 5.15. The van der Waals surface area contributed by atoms with E-state index in [0.29, 0.717) is 6.04 Å². The first-order valence-electron chi connectivity index (χ1n) is 6.37. The number of hydrogen-bond acceptors (Lipinski definition) is 2. The van der Waals surface area contributed by atoms with Crippen LogP contribution in [-0.2, 0) is 0 Å². The first kappa shape index (κ1) is 10.3. The third kappa shape index (κ3) is 2.13. The van der Waals surface area contributed by atoms with E-state index in [1.165, 1.54) is 37.1 Å². The highest BCUT2D eigenvalue weighted by Crippen LogP contribution is 2.30. The summed E-state index contributed by atoms with van der Waals surface area (Å²) in [7, 11) is 0. The van der Waals surface area contributed by atoms with Crippen LogP contribution in [0.4, 0.5) is 0 Å². The summed E-state index contributed by atoms with van der Waals surface area (Å²) in [6.07, 6.45) is 2.83. The van der Waals surface area contributed by atoms with E-state index in [-0.39, 0.29) is 0 Å². The molecule has 0 bridgehead atoms. The molecule has 0 aromatic heterocycles. The van der Waals surface area contributed by atoms with Gasteiger partial charge in [0.05, 0.1) is 0 Å². The SMILES string of the molecule is Cc1cccc(C2CN(C3CC3)CCN2)c1. The fourth-order valence-corrected chi connectivity index (χ4v) is 2.65. The zero-order chi connectivity index (χ0) is 11.0. The lowest BCUT2D eigenvalue weighted by molar-refractivity contribution is 0.192. The molecule has 0 spiro atoms. The lowest BCUT2D eigenvalue weighted by Gasteiger charge is -2.34. The Morgan fingerprint density at radius 2 is 2.19 bits per heavy atom. The van der Waals surface area contributed by atoms with Crippen LogP contribution in [0.5, 0.6) is 0 Å². The molecule has 1 atom stereocenters. The average molecular weight is 216 g/mol. The number of benzene rings is 1. The molecule has 1 unspecified atom stereocenters. The molecule has 1 heterocycles. The summed E-state index contributed by atoms with van der Waals surface area (Å²) >= 11 is 0. The smallest absolute Gasteiger partial charge is 0.0449 e. The summed E-state index contributed by atoms with van der Waals surface area (Å²) in [6, 6.07) is 10.3. The summed E-state index contributed by atoms with van der Waals surface area (Å²) < 4.78 is 0. The quantitative estimate of drug-likeness (QED) is 0.814. The maximum Gasteiger partial charge on any atom is 0.0449 e. The molecule has 1 saturated heterocycles. The highest BCUT2D eigenvalue weighted by Gasteiger charge is 2.32. The van der Waals surface area contributed by atoms with E-state index in [2.05, 4.69) is 41.4 Å². The number of hydrogen-bond donors (Lipinski definition) is 1. The van der Waals surface area contributed by atoms with E-state index in [1.807, 2.05) is 0 Å². The second kappa shape index (κ2) is 4.19.